The minimum Gasteiger partial charge on any atom is -0.337 e. The summed E-state index contributed by atoms with van der Waals surface area (Å²) in [6, 6.07) is 8.92. The van der Waals surface area contributed by atoms with E-state index in [9.17, 15) is 18.0 Å². The molecule has 4 atom stereocenters. The Hall–Kier alpha value is -2.13. The zero-order valence-corrected chi connectivity index (χ0v) is 16.5. The Kier molecular flexibility index (Phi) is 5.29. The number of nitrogens with zero attached hydrogens (tertiary/aromatic N) is 2. The fraction of sp³-hybridized carbons (Fsp3) is 0.579. The fourth-order valence-electron chi connectivity index (χ4n) is 4.39. The van der Waals surface area contributed by atoms with Gasteiger partial charge in [0, 0.05) is 49.9 Å². The molecule has 2 bridgehead atoms. The van der Waals surface area contributed by atoms with Crippen LogP contribution in [-0.2, 0) is 9.84 Å². The lowest BCUT2D eigenvalue weighted by Crippen LogP contribution is -2.58. The Morgan fingerprint density at radius 3 is 2.61 bits per heavy atom. The lowest BCUT2D eigenvalue weighted by molar-refractivity contribution is 0.0499. The van der Waals surface area contributed by atoms with Crippen LogP contribution in [-0.4, -0.2) is 86.0 Å². The Balaban J connectivity index is 1.33. The van der Waals surface area contributed by atoms with Crippen LogP contribution in [0.1, 0.15) is 23.2 Å². The second kappa shape index (κ2) is 7.71. The molecule has 0 spiro atoms. The number of hydrogen-bond acceptors (Lipinski definition) is 5. The highest BCUT2D eigenvalue weighted by Crippen LogP contribution is 2.26. The lowest BCUT2D eigenvalue weighted by Gasteiger charge is -2.40. The quantitative estimate of drug-likeness (QED) is 0.737. The molecular weight excluding hydrogens is 380 g/mol. The Morgan fingerprint density at radius 1 is 1.11 bits per heavy atom. The van der Waals surface area contributed by atoms with Crippen molar-refractivity contribution in [2.45, 2.75) is 31.0 Å². The van der Waals surface area contributed by atoms with Crippen molar-refractivity contribution in [3.05, 3.63) is 35.9 Å². The van der Waals surface area contributed by atoms with Crippen LogP contribution in [0.25, 0.3) is 0 Å². The normalized spacial score (nSPS) is 30.8. The number of sulfone groups is 1. The van der Waals surface area contributed by atoms with E-state index in [1.54, 1.807) is 0 Å². The molecule has 3 amide bonds. The smallest absolute Gasteiger partial charge is 0.315 e. The summed E-state index contributed by atoms with van der Waals surface area (Å²) in [6.07, 6.45) is 1.41. The zero-order chi connectivity index (χ0) is 19.7. The average Bonchev–Trinajstić information content (AvgIpc) is 3.25. The van der Waals surface area contributed by atoms with Crippen LogP contribution in [0.4, 0.5) is 4.79 Å². The minimum absolute atomic E-state index is 0.0109. The number of carbonyl (C=O) groups excluding carboxylic acids is 2. The molecule has 4 unspecified atom stereocenters. The summed E-state index contributed by atoms with van der Waals surface area (Å²) in [5, 5.41) is 5.61. The number of carbonyl (C=O) groups is 2. The van der Waals surface area contributed by atoms with E-state index in [1.165, 1.54) is 0 Å². The maximum atomic E-state index is 12.9. The van der Waals surface area contributed by atoms with E-state index in [4.69, 9.17) is 0 Å². The highest BCUT2D eigenvalue weighted by atomic mass is 32.2. The maximum Gasteiger partial charge on any atom is 0.315 e. The Morgan fingerprint density at radius 2 is 1.89 bits per heavy atom. The van der Waals surface area contributed by atoms with Crippen LogP contribution in [0.15, 0.2) is 30.3 Å². The molecule has 8 nitrogen and oxygen atoms in total. The third kappa shape index (κ3) is 4.15. The predicted molar refractivity (Wildman–Crippen MR) is 105 cm³/mol. The van der Waals surface area contributed by atoms with Gasteiger partial charge in [0.2, 0.25) is 0 Å². The number of nitrogens with one attached hydrogen (secondary N) is 2. The second-order valence-corrected chi connectivity index (χ2v) is 10.1. The SMILES string of the molecule is O=C(NCC1CN(C(=O)c2ccccc2)C2CCN1C2)NC1CCS(=O)(=O)C1. The Bertz CT molecular complexity index is 845. The lowest BCUT2D eigenvalue weighted by atomic mass is 10.1. The molecule has 3 aliphatic rings. The fourth-order valence-corrected chi connectivity index (χ4v) is 6.06. The molecule has 4 rings (SSSR count). The molecule has 3 fully saturated rings. The van der Waals surface area contributed by atoms with Gasteiger partial charge in [0.15, 0.2) is 9.84 Å². The summed E-state index contributed by atoms with van der Waals surface area (Å²) in [6.45, 7) is 2.75. The van der Waals surface area contributed by atoms with Crippen molar-refractivity contribution in [2.24, 2.45) is 0 Å². The van der Waals surface area contributed by atoms with Crippen molar-refractivity contribution in [1.82, 2.24) is 20.4 Å². The molecule has 3 aliphatic heterocycles. The standard InChI is InChI=1S/C19H26N4O4S/c24-18(14-4-2-1-3-5-14)23-12-17(22-8-6-16(23)11-22)10-20-19(25)21-15-7-9-28(26,27)13-15/h1-5,15-17H,6-13H2,(H2,20,21,25). The first-order chi connectivity index (χ1) is 13.4. The third-order valence-corrected chi connectivity index (χ3v) is 7.67. The van der Waals surface area contributed by atoms with E-state index in [-0.39, 0.29) is 41.6 Å². The zero-order valence-electron chi connectivity index (χ0n) is 15.7. The van der Waals surface area contributed by atoms with Gasteiger partial charge in [-0.2, -0.15) is 0 Å². The molecule has 9 heteroatoms. The molecule has 3 heterocycles. The molecule has 28 heavy (non-hydrogen) atoms. The van der Waals surface area contributed by atoms with Gasteiger partial charge in [-0.1, -0.05) is 18.2 Å². The second-order valence-electron chi connectivity index (χ2n) is 7.87. The maximum absolute atomic E-state index is 12.9. The molecule has 152 valence electrons. The first kappa shape index (κ1) is 19.2. The van der Waals surface area contributed by atoms with Crippen molar-refractivity contribution in [3.8, 4) is 0 Å². The van der Waals surface area contributed by atoms with Gasteiger partial charge in [-0.3, -0.25) is 9.69 Å². The van der Waals surface area contributed by atoms with E-state index in [1.807, 2.05) is 35.2 Å². The van der Waals surface area contributed by atoms with Crippen LogP contribution in [0.2, 0.25) is 0 Å². The van der Waals surface area contributed by atoms with Gasteiger partial charge in [-0.15, -0.1) is 0 Å². The van der Waals surface area contributed by atoms with E-state index in [0.29, 0.717) is 25.1 Å². The average molecular weight is 407 g/mol. The number of amides is 3. The summed E-state index contributed by atoms with van der Waals surface area (Å²) in [4.78, 5) is 29.3. The summed E-state index contributed by atoms with van der Waals surface area (Å²) < 4.78 is 23.0. The number of hydrogen-bond donors (Lipinski definition) is 2. The number of rotatable bonds is 4. The Labute approximate surface area is 165 Å². The van der Waals surface area contributed by atoms with Crippen molar-refractivity contribution in [1.29, 1.82) is 0 Å². The third-order valence-electron chi connectivity index (χ3n) is 5.91. The number of fused-ring (bicyclic) bond motifs is 2. The van der Waals surface area contributed by atoms with Crippen LogP contribution in [0, 0.1) is 0 Å². The van der Waals surface area contributed by atoms with Gasteiger partial charge in [0.25, 0.3) is 5.91 Å². The van der Waals surface area contributed by atoms with Crippen LogP contribution in [0.5, 0.6) is 0 Å². The van der Waals surface area contributed by atoms with Crippen LogP contribution in [0.3, 0.4) is 0 Å². The first-order valence-electron chi connectivity index (χ1n) is 9.76. The molecule has 1 aromatic carbocycles. The predicted octanol–water partition coefficient (Wildman–Crippen LogP) is 0.0716. The molecule has 1 aromatic rings. The highest BCUT2D eigenvalue weighted by molar-refractivity contribution is 7.91. The molecule has 2 N–H and O–H groups in total. The van der Waals surface area contributed by atoms with Crippen LogP contribution < -0.4 is 10.6 Å². The summed E-state index contributed by atoms with van der Waals surface area (Å²) in [5.74, 6) is 0.182. The first-order valence-corrected chi connectivity index (χ1v) is 11.6. The van der Waals surface area contributed by atoms with E-state index >= 15 is 0 Å². The van der Waals surface area contributed by atoms with Gasteiger partial charge in [0.05, 0.1) is 11.5 Å². The van der Waals surface area contributed by atoms with E-state index < -0.39 is 9.84 Å². The minimum atomic E-state index is -3.02. The molecule has 0 aliphatic carbocycles. The molecule has 0 saturated carbocycles. The molecular formula is C19H26N4O4S. The topological polar surface area (TPSA) is 98.8 Å². The van der Waals surface area contributed by atoms with Crippen LogP contribution >= 0.6 is 0 Å². The number of urea groups is 1. The van der Waals surface area contributed by atoms with Crippen molar-refractivity contribution >= 4 is 21.8 Å². The van der Waals surface area contributed by atoms with Gasteiger partial charge >= 0.3 is 6.03 Å². The van der Waals surface area contributed by atoms with Gasteiger partial charge in [-0.05, 0) is 25.0 Å². The largest absolute Gasteiger partial charge is 0.337 e. The summed E-state index contributed by atoms with van der Waals surface area (Å²) >= 11 is 0. The summed E-state index contributed by atoms with van der Waals surface area (Å²) in [7, 11) is -3.02. The van der Waals surface area contributed by atoms with Gasteiger partial charge in [-0.25, -0.2) is 13.2 Å². The monoisotopic (exact) mass is 406 g/mol. The highest BCUT2D eigenvalue weighted by Gasteiger charge is 2.41. The number of piperazine rings is 1. The molecule has 0 aromatic heterocycles. The number of benzene rings is 1. The van der Waals surface area contributed by atoms with Gasteiger partial charge < -0.3 is 15.5 Å². The van der Waals surface area contributed by atoms with E-state index in [2.05, 4.69) is 15.5 Å². The van der Waals surface area contributed by atoms with Crippen molar-refractivity contribution in [2.75, 3.05) is 37.7 Å². The molecule has 3 saturated heterocycles. The van der Waals surface area contributed by atoms with Gasteiger partial charge in [0.1, 0.15) is 0 Å². The molecule has 0 radical (unpaired) electrons. The van der Waals surface area contributed by atoms with Crippen molar-refractivity contribution in [3.63, 3.8) is 0 Å². The van der Waals surface area contributed by atoms with Crippen molar-refractivity contribution < 1.29 is 18.0 Å². The summed E-state index contributed by atoms with van der Waals surface area (Å²) in [5.41, 5.74) is 0.690. The van der Waals surface area contributed by atoms with E-state index in [0.717, 1.165) is 19.5 Å².